The molecule has 0 amide bonds. The van der Waals surface area contributed by atoms with Gasteiger partial charge in [-0.1, -0.05) is 30.3 Å². The van der Waals surface area contributed by atoms with Crippen molar-refractivity contribution in [3.63, 3.8) is 0 Å². The molecule has 2 aromatic carbocycles. The standard InChI is InChI=1S/C24H22F3N3O2S/c1-32-18-10-7-16(8-11-18)21-14-33-22(28-21)30-23(31,24(25,26)27)19-13-17(9-12-20(19)29-30)15-5-3-2-4-6-15/h2-8,10-11,14,17,19,31H,9,12-13H2,1H3. The van der Waals surface area contributed by atoms with Crippen LogP contribution in [0.1, 0.15) is 30.7 Å². The van der Waals surface area contributed by atoms with Gasteiger partial charge in [0.2, 0.25) is 5.13 Å². The van der Waals surface area contributed by atoms with E-state index in [1.165, 1.54) is 0 Å². The molecule has 3 unspecified atom stereocenters. The second-order valence-corrected chi connectivity index (χ2v) is 9.14. The minimum atomic E-state index is -4.91. The Bertz CT molecular complexity index is 1160. The quantitative estimate of drug-likeness (QED) is 0.518. The molecule has 0 bridgehead atoms. The average molecular weight is 474 g/mol. The van der Waals surface area contributed by atoms with Crippen LogP contribution in [0.2, 0.25) is 0 Å². The molecule has 172 valence electrons. The van der Waals surface area contributed by atoms with E-state index in [2.05, 4.69) is 10.1 Å². The lowest BCUT2D eigenvalue weighted by atomic mass is 9.73. The predicted molar refractivity (Wildman–Crippen MR) is 122 cm³/mol. The molecule has 1 aliphatic carbocycles. The highest BCUT2D eigenvalue weighted by molar-refractivity contribution is 7.14. The number of hydrazone groups is 1. The maximum Gasteiger partial charge on any atom is 0.439 e. The molecular formula is C24H22F3N3O2S. The first kappa shape index (κ1) is 21.9. The van der Waals surface area contributed by atoms with Crippen molar-refractivity contribution >= 4 is 22.2 Å². The fraction of sp³-hybridized carbons (Fsp3) is 0.333. The van der Waals surface area contributed by atoms with Crippen LogP contribution in [0.4, 0.5) is 18.3 Å². The Kier molecular flexibility index (Phi) is 5.41. The summed E-state index contributed by atoms with van der Waals surface area (Å²) in [7, 11) is 1.56. The Morgan fingerprint density at radius 2 is 1.85 bits per heavy atom. The molecule has 1 aromatic heterocycles. The van der Waals surface area contributed by atoms with Crippen LogP contribution in [-0.4, -0.2) is 34.8 Å². The van der Waals surface area contributed by atoms with Crippen molar-refractivity contribution in [2.75, 3.05) is 12.1 Å². The number of thiazole rings is 1. The van der Waals surface area contributed by atoms with Gasteiger partial charge < -0.3 is 9.84 Å². The maximum absolute atomic E-state index is 14.4. The summed E-state index contributed by atoms with van der Waals surface area (Å²) in [5.41, 5.74) is -0.523. The SMILES string of the molecule is COc1ccc(-c2csc(N3N=C4CCC(c5ccccc5)CC4C3(O)C(F)(F)F)n2)cc1. The third-order valence-corrected chi connectivity index (χ3v) is 7.27. The van der Waals surface area contributed by atoms with Crippen molar-refractivity contribution in [1.29, 1.82) is 0 Å². The van der Waals surface area contributed by atoms with Gasteiger partial charge >= 0.3 is 6.18 Å². The normalized spacial score (nSPS) is 25.0. The van der Waals surface area contributed by atoms with Gasteiger partial charge in [-0.25, -0.2) is 4.98 Å². The van der Waals surface area contributed by atoms with E-state index in [4.69, 9.17) is 4.74 Å². The zero-order valence-corrected chi connectivity index (χ0v) is 18.6. The fourth-order valence-corrected chi connectivity index (χ4v) is 5.53. The van der Waals surface area contributed by atoms with Gasteiger partial charge in [-0.2, -0.15) is 23.3 Å². The number of hydrogen-bond acceptors (Lipinski definition) is 6. The number of benzene rings is 2. The van der Waals surface area contributed by atoms with Gasteiger partial charge in [0.15, 0.2) is 0 Å². The van der Waals surface area contributed by atoms with Crippen LogP contribution < -0.4 is 9.75 Å². The summed E-state index contributed by atoms with van der Waals surface area (Å²) in [6, 6.07) is 16.6. The number of aromatic nitrogens is 1. The first-order valence-electron chi connectivity index (χ1n) is 10.6. The van der Waals surface area contributed by atoms with Crippen LogP contribution in [0.15, 0.2) is 65.1 Å². The highest BCUT2D eigenvalue weighted by Gasteiger charge is 2.68. The molecule has 5 rings (SSSR count). The smallest absolute Gasteiger partial charge is 0.439 e. The van der Waals surface area contributed by atoms with E-state index in [1.54, 1.807) is 36.8 Å². The fourth-order valence-electron chi connectivity index (χ4n) is 4.69. The molecule has 1 fully saturated rings. The lowest BCUT2D eigenvalue weighted by Crippen LogP contribution is -2.60. The van der Waals surface area contributed by atoms with Crippen molar-refractivity contribution in [1.82, 2.24) is 4.98 Å². The molecule has 0 spiro atoms. The molecule has 33 heavy (non-hydrogen) atoms. The molecule has 3 aromatic rings. The van der Waals surface area contributed by atoms with E-state index < -0.39 is 17.8 Å². The van der Waals surface area contributed by atoms with Gasteiger partial charge in [-0.3, -0.25) is 0 Å². The number of ether oxygens (including phenoxy) is 1. The van der Waals surface area contributed by atoms with E-state index in [0.717, 1.165) is 22.5 Å². The van der Waals surface area contributed by atoms with Crippen LogP contribution >= 0.6 is 11.3 Å². The Morgan fingerprint density at radius 1 is 1.12 bits per heavy atom. The molecule has 0 saturated heterocycles. The van der Waals surface area contributed by atoms with Crippen LogP contribution in [0.5, 0.6) is 5.75 Å². The zero-order valence-electron chi connectivity index (χ0n) is 17.8. The van der Waals surface area contributed by atoms with Crippen LogP contribution in [-0.2, 0) is 0 Å². The van der Waals surface area contributed by atoms with Gasteiger partial charge in [0.25, 0.3) is 5.72 Å². The first-order chi connectivity index (χ1) is 15.8. The number of nitrogens with zero attached hydrogens (tertiary/aromatic N) is 3. The van der Waals surface area contributed by atoms with Gasteiger partial charge in [0, 0.05) is 16.7 Å². The lowest BCUT2D eigenvalue weighted by molar-refractivity contribution is -0.269. The minimum absolute atomic E-state index is 0.0128. The van der Waals surface area contributed by atoms with Crippen molar-refractivity contribution in [2.45, 2.75) is 37.1 Å². The van der Waals surface area contributed by atoms with Crippen LogP contribution in [0.25, 0.3) is 11.3 Å². The Balaban J connectivity index is 1.48. The molecule has 3 atom stereocenters. The van der Waals surface area contributed by atoms with Crippen molar-refractivity contribution in [3.05, 3.63) is 65.5 Å². The van der Waals surface area contributed by atoms with Crippen LogP contribution in [0.3, 0.4) is 0 Å². The molecule has 1 saturated carbocycles. The van der Waals surface area contributed by atoms with Gasteiger partial charge in [0.1, 0.15) is 5.75 Å². The van der Waals surface area contributed by atoms with Gasteiger partial charge in [0.05, 0.1) is 18.7 Å². The Hall–Kier alpha value is -2.91. The molecule has 1 N–H and O–H groups in total. The third-order valence-electron chi connectivity index (χ3n) is 6.46. The number of anilines is 1. The largest absolute Gasteiger partial charge is 0.497 e. The summed E-state index contributed by atoms with van der Waals surface area (Å²) in [4.78, 5) is 4.40. The van der Waals surface area contributed by atoms with Crippen molar-refractivity contribution < 1.29 is 23.0 Å². The summed E-state index contributed by atoms with van der Waals surface area (Å²) in [6.07, 6.45) is -3.65. The lowest BCUT2D eigenvalue weighted by Gasteiger charge is -2.39. The number of alkyl halides is 3. The highest BCUT2D eigenvalue weighted by Crippen LogP contribution is 2.52. The Morgan fingerprint density at radius 3 is 2.52 bits per heavy atom. The van der Waals surface area contributed by atoms with Gasteiger partial charge in [-0.15, -0.1) is 11.3 Å². The third kappa shape index (κ3) is 3.69. The molecule has 2 aliphatic rings. The number of hydrogen-bond donors (Lipinski definition) is 1. The molecule has 5 nitrogen and oxygen atoms in total. The van der Waals surface area contributed by atoms with E-state index in [9.17, 15) is 18.3 Å². The predicted octanol–water partition coefficient (Wildman–Crippen LogP) is 5.83. The number of methoxy groups -OCH3 is 1. The summed E-state index contributed by atoms with van der Waals surface area (Å²) >= 11 is 1.03. The molecule has 9 heteroatoms. The first-order valence-corrected chi connectivity index (χ1v) is 11.5. The van der Waals surface area contributed by atoms with Crippen molar-refractivity contribution in [3.8, 4) is 17.0 Å². The summed E-state index contributed by atoms with van der Waals surface area (Å²) in [5.74, 6) is -0.552. The second kappa shape index (κ2) is 8.14. The average Bonchev–Trinajstić information content (AvgIpc) is 3.43. The summed E-state index contributed by atoms with van der Waals surface area (Å²) in [5, 5.41) is 17.8. The minimum Gasteiger partial charge on any atom is -0.497 e. The van der Waals surface area contributed by atoms with E-state index in [-0.39, 0.29) is 17.5 Å². The maximum atomic E-state index is 14.4. The zero-order chi connectivity index (χ0) is 23.2. The number of aliphatic hydroxyl groups is 1. The van der Waals surface area contributed by atoms with Gasteiger partial charge in [-0.05, 0) is 55.0 Å². The van der Waals surface area contributed by atoms with Crippen molar-refractivity contribution in [2.24, 2.45) is 11.0 Å². The second-order valence-electron chi connectivity index (χ2n) is 8.31. The van der Waals surface area contributed by atoms with E-state index in [0.29, 0.717) is 35.0 Å². The van der Waals surface area contributed by atoms with E-state index in [1.807, 2.05) is 30.3 Å². The number of fused-ring (bicyclic) bond motifs is 1. The molecular weight excluding hydrogens is 451 g/mol. The molecule has 2 heterocycles. The van der Waals surface area contributed by atoms with E-state index >= 15 is 0 Å². The van der Waals surface area contributed by atoms with Crippen LogP contribution in [0, 0.1) is 5.92 Å². The number of halogens is 3. The number of rotatable bonds is 4. The summed E-state index contributed by atoms with van der Waals surface area (Å²) in [6.45, 7) is 0. The topological polar surface area (TPSA) is 58.0 Å². The molecule has 0 radical (unpaired) electrons. The highest BCUT2D eigenvalue weighted by atomic mass is 32.1. The molecule has 1 aliphatic heterocycles. The monoisotopic (exact) mass is 473 g/mol. The Labute approximate surface area is 193 Å². The summed E-state index contributed by atoms with van der Waals surface area (Å²) < 4.78 is 48.3.